The number of urea groups is 1. The zero-order chi connectivity index (χ0) is 21.0. The van der Waals surface area contributed by atoms with Gasteiger partial charge in [0, 0.05) is 5.69 Å². The van der Waals surface area contributed by atoms with E-state index >= 15 is 0 Å². The van der Waals surface area contributed by atoms with E-state index in [1.807, 2.05) is 55.5 Å². The average molecular weight is 393 g/mol. The van der Waals surface area contributed by atoms with Crippen LogP contribution in [0.2, 0.25) is 0 Å². The number of anilines is 1. The Hall–Kier alpha value is -3.15. The van der Waals surface area contributed by atoms with Crippen molar-refractivity contribution >= 4 is 23.5 Å². The molecule has 0 radical (unpaired) electrons. The van der Waals surface area contributed by atoms with Gasteiger partial charge in [0.15, 0.2) is 0 Å². The van der Waals surface area contributed by atoms with Gasteiger partial charge in [-0.05, 0) is 49.9 Å². The van der Waals surface area contributed by atoms with E-state index in [2.05, 4.69) is 17.6 Å². The number of hydrogen-bond donors (Lipinski definition) is 2. The standard InChI is InChI=1S/C23H27N3O3/c1-4-5-6-17-9-13-19(14-10-17)24-20(27)15-26-21(28)23(3,25-22(26)29)18-11-7-16(2)8-12-18/h7-14H,4-6,15H2,1-3H3,(H,24,27)(H,25,29). The van der Waals surface area contributed by atoms with Crippen LogP contribution in [0.1, 0.15) is 43.4 Å². The summed E-state index contributed by atoms with van der Waals surface area (Å²) in [5.41, 5.74) is 2.43. The largest absolute Gasteiger partial charge is 0.325 e. The predicted octanol–water partition coefficient (Wildman–Crippen LogP) is 3.74. The quantitative estimate of drug-likeness (QED) is 0.704. The van der Waals surface area contributed by atoms with Crippen LogP contribution in [-0.4, -0.2) is 29.3 Å². The minimum Gasteiger partial charge on any atom is -0.325 e. The molecule has 6 nitrogen and oxygen atoms in total. The fourth-order valence-electron chi connectivity index (χ4n) is 3.40. The van der Waals surface area contributed by atoms with E-state index in [0.29, 0.717) is 11.3 Å². The zero-order valence-electron chi connectivity index (χ0n) is 17.1. The van der Waals surface area contributed by atoms with Crippen molar-refractivity contribution in [1.82, 2.24) is 10.2 Å². The number of nitrogens with one attached hydrogen (secondary N) is 2. The molecular formula is C23H27N3O3. The Morgan fingerprint density at radius 2 is 1.72 bits per heavy atom. The molecule has 1 aliphatic rings. The highest BCUT2D eigenvalue weighted by molar-refractivity contribution is 6.10. The summed E-state index contributed by atoms with van der Waals surface area (Å²) < 4.78 is 0. The van der Waals surface area contributed by atoms with Crippen molar-refractivity contribution in [3.05, 3.63) is 65.2 Å². The highest BCUT2D eigenvalue weighted by Gasteiger charge is 2.49. The van der Waals surface area contributed by atoms with Gasteiger partial charge in [0.1, 0.15) is 12.1 Å². The van der Waals surface area contributed by atoms with Gasteiger partial charge in [-0.15, -0.1) is 0 Å². The van der Waals surface area contributed by atoms with Gasteiger partial charge in [0.2, 0.25) is 5.91 Å². The Labute approximate surface area is 171 Å². The molecule has 1 heterocycles. The molecule has 0 spiro atoms. The van der Waals surface area contributed by atoms with Crippen molar-refractivity contribution in [3.63, 3.8) is 0 Å². The van der Waals surface area contributed by atoms with E-state index in [9.17, 15) is 14.4 Å². The summed E-state index contributed by atoms with van der Waals surface area (Å²) in [6.45, 7) is 5.43. The molecule has 1 atom stereocenters. The number of carbonyl (C=O) groups is 3. The number of aryl methyl sites for hydroxylation is 2. The van der Waals surface area contributed by atoms with Crippen molar-refractivity contribution < 1.29 is 14.4 Å². The second-order valence-corrected chi connectivity index (χ2v) is 7.66. The molecule has 3 rings (SSSR count). The molecule has 1 saturated heterocycles. The molecule has 0 aromatic heterocycles. The van der Waals surface area contributed by atoms with E-state index < -0.39 is 23.4 Å². The second-order valence-electron chi connectivity index (χ2n) is 7.66. The lowest BCUT2D eigenvalue weighted by Crippen LogP contribution is -2.42. The first-order chi connectivity index (χ1) is 13.8. The van der Waals surface area contributed by atoms with Crippen molar-refractivity contribution in [2.24, 2.45) is 0 Å². The molecule has 152 valence electrons. The van der Waals surface area contributed by atoms with Crippen molar-refractivity contribution in [1.29, 1.82) is 0 Å². The minimum atomic E-state index is -1.17. The van der Waals surface area contributed by atoms with Crippen LogP contribution in [-0.2, 0) is 21.5 Å². The molecule has 1 fully saturated rings. The third-order valence-corrected chi connectivity index (χ3v) is 5.26. The third kappa shape index (κ3) is 4.47. The van der Waals surface area contributed by atoms with Crippen LogP contribution in [0, 0.1) is 6.92 Å². The van der Waals surface area contributed by atoms with Gasteiger partial charge in [-0.1, -0.05) is 55.3 Å². The van der Waals surface area contributed by atoms with Crippen molar-refractivity contribution in [2.75, 3.05) is 11.9 Å². The van der Waals surface area contributed by atoms with Crippen LogP contribution in [0.4, 0.5) is 10.5 Å². The first-order valence-corrected chi connectivity index (χ1v) is 9.93. The molecule has 0 bridgehead atoms. The summed E-state index contributed by atoms with van der Waals surface area (Å²) in [4.78, 5) is 38.7. The van der Waals surface area contributed by atoms with Gasteiger partial charge in [-0.2, -0.15) is 0 Å². The minimum absolute atomic E-state index is 0.330. The topological polar surface area (TPSA) is 78.5 Å². The van der Waals surface area contributed by atoms with Crippen LogP contribution in [0.15, 0.2) is 48.5 Å². The Morgan fingerprint density at radius 1 is 1.07 bits per heavy atom. The van der Waals surface area contributed by atoms with Crippen LogP contribution in [0.5, 0.6) is 0 Å². The number of unbranched alkanes of at least 4 members (excludes halogenated alkanes) is 1. The number of carbonyl (C=O) groups excluding carboxylic acids is 3. The van der Waals surface area contributed by atoms with E-state index in [0.717, 1.165) is 29.7 Å². The molecule has 2 aromatic rings. The number of rotatable bonds is 7. The molecule has 29 heavy (non-hydrogen) atoms. The van der Waals surface area contributed by atoms with Gasteiger partial charge in [0.25, 0.3) is 5.91 Å². The smallest absolute Gasteiger partial charge is 0.325 e. The van der Waals surface area contributed by atoms with Gasteiger partial charge in [-0.3, -0.25) is 14.5 Å². The lowest BCUT2D eigenvalue weighted by Gasteiger charge is -2.22. The van der Waals surface area contributed by atoms with Crippen LogP contribution >= 0.6 is 0 Å². The summed E-state index contributed by atoms with van der Waals surface area (Å²) in [5, 5.41) is 5.47. The number of hydrogen-bond acceptors (Lipinski definition) is 3. The molecule has 2 aromatic carbocycles. The molecule has 6 heteroatoms. The fourth-order valence-corrected chi connectivity index (χ4v) is 3.40. The first kappa shape index (κ1) is 20.6. The number of nitrogens with zero attached hydrogens (tertiary/aromatic N) is 1. The molecule has 4 amide bonds. The highest BCUT2D eigenvalue weighted by atomic mass is 16.2. The SMILES string of the molecule is CCCCc1ccc(NC(=O)CN2C(=O)NC(C)(c3ccc(C)cc3)C2=O)cc1. The maximum absolute atomic E-state index is 12.9. The predicted molar refractivity (Wildman–Crippen MR) is 112 cm³/mol. The van der Waals surface area contributed by atoms with E-state index in [1.54, 1.807) is 6.92 Å². The van der Waals surface area contributed by atoms with Crippen LogP contribution in [0.3, 0.4) is 0 Å². The van der Waals surface area contributed by atoms with Gasteiger partial charge in [-0.25, -0.2) is 4.79 Å². The lowest BCUT2D eigenvalue weighted by molar-refractivity contribution is -0.133. The van der Waals surface area contributed by atoms with E-state index in [-0.39, 0.29) is 6.54 Å². The molecular weight excluding hydrogens is 366 g/mol. The maximum atomic E-state index is 12.9. The van der Waals surface area contributed by atoms with Gasteiger partial charge in [0.05, 0.1) is 0 Å². The van der Waals surface area contributed by atoms with E-state index in [4.69, 9.17) is 0 Å². The molecule has 1 unspecified atom stereocenters. The number of benzene rings is 2. The summed E-state index contributed by atoms with van der Waals surface area (Å²) in [7, 11) is 0. The average Bonchev–Trinajstić information content (AvgIpc) is 2.92. The Kier molecular flexibility index (Phi) is 6.01. The van der Waals surface area contributed by atoms with Gasteiger partial charge >= 0.3 is 6.03 Å². The molecule has 2 N–H and O–H groups in total. The molecule has 0 saturated carbocycles. The Balaban J connectivity index is 1.65. The zero-order valence-corrected chi connectivity index (χ0v) is 17.1. The number of imide groups is 1. The van der Waals surface area contributed by atoms with Gasteiger partial charge < -0.3 is 10.6 Å². The van der Waals surface area contributed by atoms with Crippen LogP contribution in [0.25, 0.3) is 0 Å². The lowest BCUT2D eigenvalue weighted by atomic mass is 9.91. The van der Waals surface area contributed by atoms with Crippen molar-refractivity contribution in [2.45, 2.75) is 45.6 Å². The second kappa shape index (κ2) is 8.47. The normalized spacial score (nSPS) is 18.7. The van der Waals surface area contributed by atoms with Crippen molar-refractivity contribution in [3.8, 4) is 0 Å². The summed E-state index contributed by atoms with van der Waals surface area (Å²) >= 11 is 0. The highest BCUT2D eigenvalue weighted by Crippen LogP contribution is 2.29. The van der Waals surface area contributed by atoms with Crippen LogP contribution < -0.4 is 10.6 Å². The molecule has 0 aliphatic carbocycles. The Morgan fingerprint density at radius 3 is 2.34 bits per heavy atom. The van der Waals surface area contributed by atoms with E-state index in [1.165, 1.54) is 5.56 Å². The fraction of sp³-hybridized carbons (Fsp3) is 0.348. The molecule has 1 aliphatic heterocycles. The maximum Gasteiger partial charge on any atom is 0.325 e. The summed E-state index contributed by atoms with van der Waals surface area (Å²) in [6.07, 6.45) is 3.26. The first-order valence-electron chi connectivity index (χ1n) is 9.93. The monoisotopic (exact) mass is 393 g/mol. The number of amides is 4. The Bertz CT molecular complexity index is 906. The third-order valence-electron chi connectivity index (χ3n) is 5.26. The summed E-state index contributed by atoms with van der Waals surface area (Å²) in [6, 6.07) is 14.5. The summed E-state index contributed by atoms with van der Waals surface area (Å²) in [5.74, 6) is -0.848.